The summed E-state index contributed by atoms with van der Waals surface area (Å²) in [5.41, 5.74) is 0. The van der Waals surface area contributed by atoms with Crippen LogP contribution in [0.5, 0.6) is 0 Å². The molecule has 0 saturated heterocycles. The van der Waals surface area contributed by atoms with Crippen molar-refractivity contribution in [2.75, 3.05) is 27.2 Å². The summed E-state index contributed by atoms with van der Waals surface area (Å²) in [6.45, 7) is 0.703. The van der Waals surface area contributed by atoms with E-state index in [1.807, 2.05) is 0 Å². The second-order valence-electron chi connectivity index (χ2n) is 2.68. The van der Waals surface area contributed by atoms with Gasteiger partial charge in [0.05, 0.1) is 0 Å². The molecule has 13 heavy (non-hydrogen) atoms. The maximum absolute atomic E-state index is 11.8. The molecule has 0 saturated carbocycles. The topological polar surface area (TPSA) is 32.3 Å². The van der Waals surface area contributed by atoms with Crippen molar-refractivity contribution in [3.8, 4) is 0 Å². The maximum Gasteiger partial charge on any atom is 0.471 e. The van der Waals surface area contributed by atoms with Gasteiger partial charge in [-0.25, -0.2) is 0 Å². The number of nitrogens with one attached hydrogen (secondary N) is 1. The predicted octanol–water partition coefficient (Wildman–Crippen LogP) is 0.617. The molecular formula is C7H13F3N2O. The van der Waals surface area contributed by atoms with Crippen LogP contribution >= 0.6 is 0 Å². The van der Waals surface area contributed by atoms with Crippen LogP contribution in [0.3, 0.4) is 0 Å². The van der Waals surface area contributed by atoms with Crippen LogP contribution in [0.25, 0.3) is 0 Å². The van der Waals surface area contributed by atoms with Crippen molar-refractivity contribution in [1.82, 2.24) is 10.2 Å². The van der Waals surface area contributed by atoms with Gasteiger partial charge in [0.2, 0.25) is 0 Å². The molecule has 0 fully saturated rings. The van der Waals surface area contributed by atoms with Crippen molar-refractivity contribution in [1.29, 1.82) is 0 Å². The number of carbonyl (C=O) groups is 1. The molecule has 0 unspecified atom stereocenters. The molecule has 0 aliphatic carbocycles. The first-order valence-corrected chi connectivity index (χ1v) is 3.86. The SMILES string of the molecule is CNCCCN(C)C(=O)C(F)(F)F. The molecule has 6 heteroatoms. The van der Waals surface area contributed by atoms with Gasteiger partial charge in [-0.2, -0.15) is 13.2 Å². The van der Waals surface area contributed by atoms with E-state index in [4.69, 9.17) is 0 Å². The summed E-state index contributed by atoms with van der Waals surface area (Å²) in [7, 11) is 2.84. The highest BCUT2D eigenvalue weighted by Crippen LogP contribution is 2.17. The smallest absolute Gasteiger partial charge is 0.338 e. The molecule has 0 spiro atoms. The van der Waals surface area contributed by atoms with Gasteiger partial charge in [-0.3, -0.25) is 4.79 Å². The number of hydrogen-bond donors (Lipinski definition) is 1. The minimum Gasteiger partial charge on any atom is -0.338 e. The molecule has 0 bridgehead atoms. The van der Waals surface area contributed by atoms with Gasteiger partial charge in [-0.15, -0.1) is 0 Å². The average molecular weight is 198 g/mol. The minimum atomic E-state index is -4.76. The largest absolute Gasteiger partial charge is 0.471 e. The van der Waals surface area contributed by atoms with Crippen molar-refractivity contribution >= 4 is 5.91 Å². The summed E-state index contributed by atoms with van der Waals surface area (Å²) >= 11 is 0. The molecule has 0 heterocycles. The molecule has 0 radical (unpaired) electrons. The van der Waals surface area contributed by atoms with Crippen molar-refractivity contribution in [2.45, 2.75) is 12.6 Å². The van der Waals surface area contributed by atoms with Crippen LogP contribution < -0.4 is 5.32 Å². The van der Waals surface area contributed by atoms with Gasteiger partial charge in [0, 0.05) is 13.6 Å². The lowest BCUT2D eigenvalue weighted by Gasteiger charge is -2.18. The molecular weight excluding hydrogens is 185 g/mol. The third kappa shape index (κ3) is 4.72. The maximum atomic E-state index is 11.8. The fraction of sp³-hybridized carbons (Fsp3) is 0.857. The van der Waals surface area contributed by atoms with Gasteiger partial charge in [0.1, 0.15) is 0 Å². The van der Waals surface area contributed by atoms with E-state index in [1.54, 1.807) is 7.05 Å². The minimum absolute atomic E-state index is 0.110. The van der Waals surface area contributed by atoms with E-state index >= 15 is 0 Å². The Morgan fingerprint density at radius 2 is 2.00 bits per heavy atom. The average Bonchev–Trinajstić information content (AvgIpc) is 2.01. The van der Waals surface area contributed by atoms with Gasteiger partial charge in [0.15, 0.2) is 0 Å². The van der Waals surface area contributed by atoms with Crippen LogP contribution in [0.2, 0.25) is 0 Å². The van der Waals surface area contributed by atoms with Gasteiger partial charge in [-0.1, -0.05) is 0 Å². The summed E-state index contributed by atoms with van der Waals surface area (Å²) in [4.78, 5) is 11.2. The highest BCUT2D eigenvalue weighted by atomic mass is 19.4. The lowest BCUT2D eigenvalue weighted by atomic mass is 10.4. The van der Waals surface area contributed by atoms with E-state index in [0.717, 1.165) is 7.05 Å². The van der Waals surface area contributed by atoms with E-state index in [2.05, 4.69) is 5.32 Å². The molecule has 0 aliphatic heterocycles. The zero-order valence-corrected chi connectivity index (χ0v) is 7.61. The highest BCUT2D eigenvalue weighted by molar-refractivity contribution is 5.81. The number of amides is 1. The first kappa shape index (κ1) is 12.2. The number of hydrogen-bond acceptors (Lipinski definition) is 2. The Bertz CT molecular complexity index is 170. The molecule has 0 aromatic heterocycles. The molecule has 0 rings (SSSR count). The molecule has 0 aromatic rings. The van der Waals surface area contributed by atoms with Crippen LogP contribution in [0.15, 0.2) is 0 Å². The van der Waals surface area contributed by atoms with Crippen LogP contribution in [0, 0.1) is 0 Å². The predicted molar refractivity (Wildman–Crippen MR) is 42.2 cm³/mol. The number of nitrogens with zero attached hydrogens (tertiary/aromatic N) is 1. The first-order valence-electron chi connectivity index (χ1n) is 3.86. The highest BCUT2D eigenvalue weighted by Gasteiger charge is 2.40. The second kappa shape index (κ2) is 5.06. The lowest BCUT2D eigenvalue weighted by Crippen LogP contribution is -2.39. The third-order valence-electron chi connectivity index (χ3n) is 1.51. The van der Waals surface area contributed by atoms with E-state index in [9.17, 15) is 18.0 Å². The quantitative estimate of drug-likeness (QED) is 0.671. The Morgan fingerprint density at radius 3 is 2.38 bits per heavy atom. The van der Waals surface area contributed by atoms with Crippen molar-refractivity contribution in [3.63, 3.8) is 0 Å². The summed E-state index contributed by atoms with van der Waals surface area (Å²) < 4.78 is 35.4. The van der Waals surface area contributed by atoms with Crippen molar-refractivity contribution in [2.24, 2.45) is 0 Å². The standard InChI is InChI=1S/C7H13F3N2O/c1-11-4-3-5-12(2)6(13)7(8,9)10/h11H,3-5H2,1-2H3. The molecule has 0 aromatic carbocycles. The van der Waals surface area contributed by atoms with Crippen molar-refractivity contribution in [3.05, 3.63) is 0 Å². The van der Waals surface area contributed by atoms with Gasteiger partial charge in [0.25, 0.3) is 0 Å². The molecule has 1 N–H and O–H groups in total. The Labute approximate surface area is 74.9 Å². The van der Waals surface area contributed by atoms with Crippen LogP contribution in [-0.2, 0) is 4.79 Å². The van der Waals surface area contributed by atoms with E-state index in [1.165, 1.54) is 0 Å². The summed E-state index contributed by atoms with van der Waals surface area (Å²) in [6.07, 6.45) is -4.25. The Hall–Kier alpha value is -0.780. The fourth-order valence-electron chi connectivity index (χ4n) is 0.811. The first-order chi connectivity index (χ1) is 5.89. The van der Waals surface area contributed by atoms with Gasteiger partial charge < -0.3 is 10.2 Å². The molecule has 78 valence electrons. The number of carbonyl (C=O) groups excluding carboxylic acids is 1. The summed E-state index contributed by atoms with van der Waals surface area (Å²) in [5.74, 6) is -1.79. The monoisotopic (exact) mass is 198 g/mol. The Balaban J connectivity index is 3.84. The zero-order valence-electron chi connectivity index (χ0n) is 7.61. The number of alkyl halides is 3. The summed E-state index contributed by atoms with van der Waals surface area (Å²) in [6, 6.07) is 0. The molecule has 1 amide bonds. The third-order valence-corrected chi connectivity index (χ3v) is 1.51. The van der Waals surface area contributed by atoms with E-state index in [-0.39, 0.29) is 6.54 Å². The zero-order chi connectivity index (χ0) is 10.5. The van der Waals surface area contributed by atoms with E-state index < -0.39 is 12.1 Å². The molecule has 0 aliphatic rings. The molecule has 3 nitrogen and oxygen atoms in total. The fourth-order valence-corrected chi connectivity index (χ4v) is 0.811. The molecule has 0 atom stereocenters. The lowest BCUT2D eigenvalue weighted by molar-refractivity contribution is -0.184. The normalized spacial score (nSPS) is 11.5. The van der Waals surface area contributed by atoms with Crippen LogP contribution in [0.1, 0.15) is 6.42 Å². The van der Waals surface area contributed by atoms with Crippen molar-refractivity contribution < 1.29 is 18.0 Å². The van der Waals surface area contributed by atoms with Gasteiger partial charge >= 0.3 is 12.1 Å². The van der Waals surface area contributed by atoms with E-state index in [0.29, 0.717) is 17.9 Å². The number of rotatable bonds is 4. The van der Waals surface area contributed by atoms with Gasteiger partial charge in [-0.05, 0) is 20.0 Å². The Kier molecular flexibility index (Phi) is 4.76. The van der Waals surface area contributed by atoms with Crippen LogP contribution in [0.4, 0.5) is 13.2 Å². The Morgan fingerprint density at radius 1 is 1.46 bits per heavy atom. The summed E-state index contributed by atoms with van der Waals surface area (Å²) in [5, 5.41) is 2.78. The number of halogens is 3. The van der Waals surface area contributed by atoms with Crippen LogP contribution in [-0.4, -0.2) is 44.2 Å². The second-order valence-corrected chi connectivity index (χ2v) is 2.68.